The Morgan fingerprint density at radius 1 is 1.30 bits per heavy atom. The summed E-state index contributed by atoms with van der Waals surface area (Å²) in [5, 5.41) is 16.8. The van der Waals surface area contributed by atoms with Crippen molar-refractivity contribution in [1.29, 1.82) is 5.41 Å². The number of hydrogen-bond acceptors (Lipinski definition) is 6. The molecule has 2 aromatic rings. The maximum absolute atomic E-state index is 13.7. The molecule has 1 unspecified atom stereocenters. The van der Waals surface area contributed by atoms with Gasteiger partial charge in [-0.15, -0.1) is 0 Å². The smallest absolute Gasteiger partial charge is 0.399 e. The summed E-state index contributed by atoms with van der Waals surface area (Å²) in [5.74, 6) is -0.194. The highest BCUT2D eigenvalue weighted by Crippen LogP contribution is 2.29. The lowest BCUT2D eigenvalue weighted by atomic mass is 10.0. The van der Waals surface area contributed by atoms with Crippen LogP contribution in [0.25, 0.3) is 5.57 Å². The van der Waals surface area contributed by atoms with Gasteiger partial charge in [-0.1, -0.05) is 38.1 Å². The molecule has 1 aliphatic heterocycles. The number of pyridine rings is 1. The van der Waals surface area contributed by atoms with E-state index in [0.717, 1.165) is 22.8 Å². The first-order chi connectivity index (χ1) is 18.8. The Balaban J connectivity index is 1.99. The maximum Gasteiger partial charge on any atom is 0.409 e. The Hall–Kier alpha value is -4.28. The first kappa shape index (κ1) is 30.3. The normalized spacial score (nSPS) is 15.9. The number of aromatic nitrogens is 1. The fourth-order valence-electron chi connectivity index (χ4n) is 4.30. The van der Waals surface area contributed by atoms with E-state index in [1.54, 1.807) is 25.1 Å². The topological polar surface area (TPSA) is 125 Å². The molecule has 1 aromatic heterocycles. The summed E-state index contributed by atoms with van der Waals surface area (Å²) in [4.78, 5) is 26.8. The number of nitrogens with two attached hydrogens (primary N) is 1. The van der Waals surface area contributed by atoms with Crippen LogP contribution in [0.3, 0.4) is 0 Å². The van der Waals surface area contributed by atoms with Gasteiger partial charge in [-0.3, -0.25) is 14.2 Å². The predicted molar refractivity (Wildman–Crippen MR) is 153 cm³/mol. The van der Waals surface area contributed by atoms with Crippen LogP contribution in [0, 0.1) is 18.3 Å². The molecule has 214 valence electrons. The first-order valence-electron chi connectivity index (χ1n) is 12.9. The van der Waals surface area contributed by atoms with E-state index in [9.17, 15) is 22.8 Å². The van der Waals surface area contributed by atoms with E-state index in [4.69, 9.17) is 11.1 Å². The Morgan fingerprint density at radius 3 is 2.62 bits per heavy atom. The second-order valence-electron chi connectivity index (χ2n) is 9.96. The van der Waals surface area contributed by atoms with E-state index in [-0.39, 0.29) is 36.8 Å². The van der Waals surface area contributed by atoms with Gasteiger partial charge in [0.25, 0.3) is 5.56 Å². The highest BCUT2D eigenvalue weighted by molar-refractivity contribution is 5.82. The fourth-order valence-corrected chi connectivity index (χ4v) is 4.30. The van der Waals surface area contributed by atoms with Gasteiger partial charge in [0.05, 0.1) is 11.4 Å². The first-order valence-corrected chi connectivity index (χ1v) is 12.9. The number of anilines is 2. The largest absolute Gasteiger partial charge is 0.409 e. The third-order valence-electron chi connectivity index (χ3n) is 6.65. The van der Waals surface area contributed by atoms with Gasteiger partial charge < -0.3 is 27.1 Å². The maximum atomic E-state index is 13.7. The highest BCUT2D eigenvalue weighted by atomic mass is 19.4. The van der Waals surface area contributed by atoms with Crippen LogP contribution < -0.4 is 27.2 Å². The SMILES string of the molecule is C\C=C(/C=C(N)\C=C\C(F)(F)F)c1cc2c(c(=O)n1CC(=O)NCc1ccc(C=N)cc1C)NC(C(C)C)CN2. The van der Waals surface area contributed by atoms with Crippen LogP contribution in [0.5, 0.6) is 0 Å². The summed E-state index contributed by atoms with van der Waals surface area (Å²) in [5.41, 5.74) is 9.32. The molecule has 3 rings (SSSR count). The van der Waals surface area contributed by atoms with Crippen molar-refractivity contribution in [3.8, 4) is 0 Å². The zero-order valence-electron chi connectivity index (χ0n) is 22.9. The van der Waals surface area contributed by atoms with Crippen molar-refractivity contribution >= 4 is 29.1 Å². The number of fused-ring (bicyclic) bond motifs is 1. The molecular weight excluding hydrogens is 521 g/mol. The van der Waals surface area contributed by atoms with Crippen molar-refractivity contribution in [3.05, 3.63) is 87.0 Å². The second kappa shape index (κ2) is 12.7. The Labute approximate surface area is 231 Å². The zero-order valence-corrected chi connectivity index (χ0v) is 22.9. The lowest BCUT2D eigenvalue weighted by molar-refractivity contribution is -0.121. The highest BCUT2D eigenvalue weighted by Gasteiger charge is 2.26. The molecule has 6 N–H and O–H groups in total. The van der Waals surface area contributed by atoms with Crippen molar-refractivity contribution in [1.82, 2.24) is 9.88 Å². The van der Waals surface area contributed by atoms with Crippen molar-refractivity contribution in [2.75, 3.05) is 17.2 Å². The number of halogens is 3. The number of amides is 1. The molecule has 0 aliphatic carbocycles. The summed E-state index contributed by atoms with van der Waals surface area (Å²) in [6.07, 6.45) is 0.445. The summed E-state index contributed by atoms with van der Waals surface area (Å²) in [6, 6.07) is 7.13. The summed E-state index contributed by atoms with van der Waals surface area (Å²) < 4.78 is 39.3. The molecule has 1 atom stereocenters. The van der Waals surface area contributed by atoms with Crippen LogP contribution in [-0.4, -0.2) is 35.5 Å². The average Bonchev–Trinajstić information content (AvgIpc) is 2.90. The average molecular weight is 557 g/mol. The van der Waals surface area contributed by atoms with Gasteiger partial charge in [0.1, 0.15) is 12.2 Å². The Kier molecular flexibility index (Phi) is 9.62. The molecule has 11 heteroatoms. The third-order valence-corrected chi connectivity index (χ3v) is 6.65. The number of alkyl halides is 3. The number of rotatable bonds is 9. The summed E-state index contributed by atoms with van der Waals surface area (Å²) in [6.45, 7) is 8.08. The van der Waals surface area contributed by atoms with Gasteiger partial charge in [-0.2, -0.15) is 13.2 Å². The van der Waals surface area contributed by atoms with Crippen LogP contribution in [-0.2, 0) is 17.9 Å². The van der Waals surface area contributed by atoms with Gasteiger partial charge in [0.15, 0.2) is 0 Å². The monoisotopic (exact) mass is 556 g/mol. The molecule has 0 radical (unpaired) electrons. The van der Waals surface area contributed by atoms with Crippen molar-refractivity contribution in [2.24, 2.45) is 11.7 Å². The lowest BCUT2D eigenvalue weighted by Crippen LogP contribution is -2.42. The van der Waals surface area contributed by atoms with Crippen LogP contribution in [0.15, 0.2) is 59.1 Å². The molecule has 1 aromatic carbocycles. The van der Waals surface area contributed by atoms with Crippen molar-refractivity contribution in [2.45, 2.75) is 53.0 Å². The van der Waals surface area contributed by atoms with Gasteiger partial charge >= 0.3 is 6.18 Å². The zero-order chi connectivity index (χ0) is 29.6. The Morgan fingerprint density at radius 2 is 2.02 bits per heavy atom. The standard InChI is InChI=1S/C29H35F3N6O2/c1-5-20(11-22(34)8-9-29(30,31)32)25-12-23-27(37-24(15-35-23)17(2)3)28(40)38(25)16-26(39)36-14-21-7-6-19(13-33)10-18(21)4/h5-13,17,24,33,35,37H,14-16,34H2,1-4H3,(H,36,39)/b9-8+,20-5+,22-11+,33-13?. The molecule has 0 spiro atoms. The minimum absolute atomic E-state index is 0.00975. The minimum atomic E-state index is -4.53. The molecule has 0 fully saturated rings. The molecule has 0 saturated carbocycles. The number of nitrogens with one attached hydrogen (secondary N) is 4. The van der Waals surface area contributed by atoms with E-state index in [1.165, 1.54) is 16.9 Å². The molecule has 0 bridgehead atoms. The number of carbonyl (C=O) groups excluding carboxylic acids is 1. The molecule has 1 aliphatic rings. The van der Waals surface area contributed by atoms with E-state index in [1.807, 2.05) is 32.9 Å². The third kappa shape index (κ3) is 7.64. The van der Waals surface area contributed by atoms with Crippen LogP contribution in [0.2, 0.25) is 0 Å². The number of allylic oxidation sites excluding steroid dienone is 5. The summed E-state index contributed by atoms with van der Waals surface area (Å²) >= 11 is 0. The van der Waals surface area contributed by atoms with E-state index in [0.29, 0.717) is 29.2 Å². The van der Waals surface area contributed by atoms with Gasteiger partial charge in [-0.05, 0) is 60.2 Å². The van der Waals surface area contributed by atoms with Gasteiger partial charge in [-0.25, -0.2) is 0 Å². The van der Waals surface area contributed by atoms with Crippen molar-refractivity contribution < 1.29 is 18.0 Å². The molecule has 0 saturated heterocycles. The quantitative estimate of drug-likeness (QED) is 0.226. The fraction of sp³-hybridized carbons (Fsp3) is 0.345. The van der Waals surface area contributed by atoms with Crippen molar-refractivity contribution in [3.63, 3.8) is 0 Å². The van der Waals surface area contributed by atoms with Gasteiger partial charge in [0, 0.05) is 37.1 Å². The van der Waals surface area contributed by atoms with Gasteiger partial charge in [0.2, 0.25) is 5.91 Å². The van der Waals surface area contributed by atoms with E-state index in [2.05, 4.69) is 16.0 Å². The summed E-state index contributed by atoms with van der Waals surface area (Å²) in [7, 11) is 0. The second-order valence-corrected chi connectivity index (χ2v) is 9.96. The van der Waals surface area contributed by atoms with Crippen LogP contribution in [0.4, 0.5) is 24.5 Å². The predicted octanol–water partition coefficient (Wildman–Crippen LogP) is 4.70. The van der Waals surface area contributed by atoms with E-state index >= 15 is 0 Å². The van der Waals surface area contributed by atoms with E-state index < -0.39 is 17.6 Å². The number of carbonyl (C=O) groups is 1. The number of nitrogens with zero attached hydrogens (tertiary/aromatic N) is 1. The van der Waals surface area contributed by atoms with Crippen LogP contribution >= 0.6 is 0 Å². The van der Waals surface area contributed by atoms with Crippen LogP contribution in [0.1, 0.15) is 43.2 Å². The number of benzene rings is 1. The molecule has 2 heterocycles. The molecule has 40 heavy (non-hydrogen) atoms. The number of hydrogen-bond donors (Lipinski definition) is 5. The molecule has 1 amide bonds. The number of aryl methyl sites for hydroxylation is 1. The molecular formula is C29H35F3N6O2. The molecule has 8 nitrogen and oxygen atoms in total. The lowest BCUT2D eigenvalue weighted by Gasteiger charge is -2.31. The minimum Gasteiger partial charge on any atom is -0.399 e. The Bertz CT molecular complexity index is 1420.